The van der Waals surface area contributed by atoms with Crippen LogP contribution < -0.4 is 0 Å². The van der Waals surface area contributed by atoms with E-state index < -0.39 is 0 Å². The Kier molecular flexibility index (Phi) is 5.55. The quantitative estimate of drug-likeness (QED) is 0.336. The van der Waals surface area contributed by atoms with Gasteiger partial charge in [-0.15, -0.1) is 17.9 Å². The van der Waals surface area contributed by atoms with Crippen LogP contribution >= 0.6 is 11.3 Å². The van der Waals surface area contributed by atoms with Crippen molar-refractivity contribution in [3.05, 3.63) is 82.2 Å². The Hall–Kier alpha value is -2.83. The Bertz CT molecular complexity index is 919. The lowest BCUT2D eigenvalue weighted by Gasteiger charge is -2.14. The van der Waals surface area contributed by atoms with Crippen molar-refractivity contribution >= 4 is 17.0 Å². The van der Waals surface area contributed by atoms with Crippen molar-refractivity contribution in [1.82, 2.24) is 9.88 Å². The average molecular weight is 365 g/mol. The fourth-order valence-corrected chi connectivity index (χ4v) is 3.58. The summed E-state index contributed by atoms with van der Waals surface area (Å²) >= 11 is 1.42. The van der Waals surface area contributed by atoms with Gasteiger partial charge in [-0.2, -0.15) is 0 Å². The number of nitro benzene ring substituents is 1. The molecule has 2 aromatic carbocycles. The molecule has 0 atom stereocenters. The monoisotopic (exact) mass is 365 g/mol. The van der Waals surface area contributed by atoms with Crippen molar-refractivity contribution in [3.8, 4) is 21.8 Å². The van der Waals surface area contributed by atoms with Crippen LogP contribution in [0.5, 0.6) is 0 Å². The van der Waals surface area contributed by atoms with Crippen molar-refractivity contribution in [1.29, 1.82) is 0 Å². The molecule has 3 rings (SSSR count). The summed E-state index contributed by atoms with van der Waals surface area (Å²) in [6, 6.07) is 14.9. The van der Waals surface area contributed by atoms with Gasteiger partial charge in [-0.05, 0) is 18.7 Å². The second-order valence-corrected chi connectivity index (χ2v) is 6.85. The van der Waals surface area contributed by atoms with Gasteiger partial charge >= 0.3 is 0 Å². The number of rotatable bonds is 7. The standard InChI is InChI=1S/C20H19N3O2S/c1-3-12-22(2)13-15-8-10-16(11-9-15)18-14-26-20(21-18)17-6-4-5-7-19(17)23(24)25/h3-11,14H,1,12-13H2,2H3. The minimum atomic E-state index is -0.370. The highest BCUT2D eigenvalue weighted by molar-refractivity contribution is 7.13. The molecule has 0 saturated carbocycles. The van der Waals surface area contributed by atoms with Gasteiger partial charge in [0.25, 0.3) is 5.69 Å². The SMILES string of the molecule is C=CCN(C)Cc1ccc(-c2csc(-c3ccccc3[N+](=O)[O-])n2)cc1. The minimum absolute atomic E-state index is 0.0778. The molecule has 1 aromatic heterocycles. The summed E-state index contributed by atoms with van der Waals surface area (Å²) in [4.78, 5) is 17.6. The highest BCUT2D eigenvalue weighted by Gasteiger charge is 2.17. The van der Waals surface area contributed by atoms with Gasteiger partial charge in [-0.25, -0.2) is 4.98 Å². The number of hydrogen-bond donors (Lipinski definition) is 0. The summed E-state index contributed by atoms with van der Waals surface area (Å²) in [5.41, 5.74) is 3.67. The summed E-state index contributed by atoms with van der Waals surface area (Å²) in [5, 5.41) is 13.8. The Morgan fingerprint density at radius 2 is 1.96 bits per heavy atom. The van der Waals surface area contributed by atoms with Gasteiger partial charge in [0.1, 0.15) is 5.01 Å². The van der Waals surface area contributed by atoms with E-state index in [1.54, 1.807) is 18.2 Å². The van der Waals surface area contributed by atoms with Crippen LogP contribution in [0.2, 0.25) is 0 Å². The van der Waals surface area contributed by atoms with Crippen LogP contribution in [0.1, 0.15) is 5.56 Å². The largest absolute Gasteiger partial charge is 0.298 e. The zero-order valence-corrected chi connectivity index (χ0v) is 15.3. The molecule has 0 aliphatic rings. The molecule has 0 saturated heterocycles. The van der Waals surface area contributed by atoms with Crippen LogP contribution in [0.3, 0.4) is 0 Å². The van der Waals surface area contributed by atoms with Crippen molar-refractivity contribution in [2.75, 3.05) is 13.6 Å². The molecule has 0 spiro atoms. The Balaban J connectivity index is 1.82. The molecule has 0 amide bonds. The first-order chi connectivity index (χ1) is 12.6. The number of aromatic nitrogens is 1. The van der Waals surface area contributed by atoms with Gasteiger partial charge in [0, 0.05) is 30.1 Å². The molecule has 0 unspecified atom stereocenters. The fourth-order valence-electron chi connectivity index (χ4n) is 2.72. The van der Waals surface area contributed by atoms with E-state index in [0.29, 0.717) is 10.6 Å². The summed E-state index contributed by atoms with van der Waals surface area (Å²) < 4.78 is 0. The first-order valence-electron chi connectivity index (χ1n) is 8.16. The van der Waals surface area contributed by atoms with Crippen LogP contribution in [0, 0.1) is 10.1 Å². The predicted octanol–water partition coefficient (Wildman–Crippen LogP) is 5.00. The molecule has 0 N–H and O–H groups in total. The fraction of sp³-hybridized carbons (Fsp3) is 0.150. The van der Waals surface area contributed by atoms with E-state index in [9.17, 15) is 10.1 Å². The van der Waals surface area contributed by atoms with Crippen LogP contribution in [-0.4, -0.2) is 28.4 Å². The van der Waals surface area contributed by atoms with Crippen molar-refractivity contribution in [3.63, 3.8) is 0 Å². The van der Waals surface area contributed by atoms with Crippen molar-refractivity contribution < 1.29 is 4.92 Å². The molecule has 0 radical (unpaired) electrons. The van der Waals surface area contributed by atoms with Crippen LogP contribution in [0.4, 0.5) is 5.69 Å². The average Bonchev–Trinajstić information content (AvgIpc) is 3.12. The number of benzene rings is 2. The first kappa shape index (κ1) is 18.0. The van der Waals surface area contributed by atoms with Gasteiger partial charge in [0.15, 0.2) is 0 Å². The maximum Gasteiger partial charge on any atom is 0.279 e. The third-order valence-electron chi connectivity index (χ3n) is 3.98. The maximum atomic E-state index is 11.2. The van der Waals surface area contributed by atoms with E-state index in [1.165, 1.54) is 23.0 Å². The van der Waals surface area contributed by atoms with Crippen molar-refractivity contribution in [2.24, 2.45) is 0 Å². The van der Waals surface area contributed by atoms with Gasteiger partial charge < -0.3 is 0 Å². The zero-order valence-electron chi connectivity index (χ0n) is 14.5. The first-order valence-corrected chi connectivity index (χ1v) is 9.04. The molecular formula is C20H19N3O2S. The normalized spacial score (nSPS) is 10.8. The molecule has 6 heteroatoms. The van der Waals surface area contributed by atoms with Gasteiger partial charge in [0.2, 0.25) is 0 Å². The maximum absolute atomic E-state index is 11.2. The lowest BCUT2D eigenvalue weighted by molar-refractivity contribution is -0.384. The molecule has 0 bridgehead atoms. The summed E-state index contributed by atoms with van der Waals surface area (Å²) in [6.45, 7) is 5.44. The Morgan fingerprint density at radius 3 is 2.65 bits per heavy atom. The highest BCUT2D eigenvalue weighted by Crippen LogP contribution is 2.34. The number of para-hydroxylation sites is 1. The number of nitro groups is 1. The molecular weight excluding hydrogens is 346 g/mol. The lowest BCUT2D eigenvalue weighted by atomic mass is 10.1. The van der Waals surface area contributed by atoms with Crippen LogP contribution in [0.15, 0.2) is 66.6 Å². The zero-order chi connectivity index (χ0) is 18.5. The third kappa shape index (κ3) is 4.04. The topological polar surface area (TPSA) is 59.3 Å². The van der Waals surface area contributed by atoms with Gasteiger partial charge in [-0.1, -0.05) is 42.5 Å². The number of likely N-dealkylation sites (N-methyl/N-ethyl adjacent to an activating group) is 1. The number of thiazole rings is 1. The van der Waals surface area contributed by atoms with E-state index in [-0.39, 0.29) is 10.6 Å². The number of hydrogen-bond acceptors (Lipinski definition) is 5. The van der Waals surface area contributed by atoms with E-state index in [0.717, 1.165) is 24.3 Å². The Morgan fingerprint density at radius 1 is 1.23 bits per heavy atom. The van der Waals surface area contributed by atoms with E-state index in [2.05, 4.69) is 35.6 Å². The van der Waals surface area contributed by atoms with Crippen molar-refractivity contribution in [2.45, 2.75) is 6.54 Å². The second-order valence-electron chi connectivity index (χ2n) is 5.99. The van der Waals surface area contributed by atoms with E-state index in [1.807, 2.05) is 23.6 Å². The molecule has 0 aliphatic carbocycles. The second kappa shape index (κ2) is 8.03. The Labute approximate surface area is 156 Å². The summed E-state index contributed by atoms with van der Waals surface area (Å²) in [7, 11) is 2.05. The molecule has 1 heterocycles. The smallest absolute Gasteiger partial charge is 0.279 e. The molecule has 3 aromatic rings. The third-order valence-corrected chi connectivity index (χ3v) is 4.85. The van der Waals surface area contributed by atoms with E-state index >= 15 is 0 Å². The highest BCUT2D eigenvalue weighted by atomic mass is 32.1. The number of nitrogens with zero attached hydrogens (tertiary/aromatic N) is 3. The molecule has 5 nitrogen and oxygen atoms in total. The lowest BCUT2D eigenvalue weighted by Crippen LogP contribution is -2.17. The molecule has 0 aliphatic heterocycles. The van der Waals surface area contributed by atoms with E-state index in [4.69, 9.17) is 0 Å². The summed E-state index contributed by atoms with van der Waals surface area (Å²) in [6.07, 6.45) is 1.88. The summed E-state index contributed by atoms with van der Waals surface area (Å²) in [5.74, 6) is 0. The minimum Gasteiger partial charge on any atom is -0.298 e. The molecule has 0 fully saturated rings. The molecule has 132 valence electrons. The van der Waals surface area contributed by atoms with Gasteiger partial charge in [-0.3, -0.25) is 15.0 Å². The molecule has 26 heavy (non-hydrogen) atoms. The van der Waals surface area contributed by atoms with Gasteiger partial charge in [0.05, 0.1) is 16.2 Å². The van der Waals surface area contributed by atoms with Crippen LogP contribution in [0.25, 0.3) is 21.8 Å². The predicted molar refractivity (Wildman–Crippen MR) is 106 cm³/mol. The van der Waals surface area contributed by atoms with Crippen LogP contribution in [-0.2, 0) is 6.54 Å².